The van der Waals surface area contributed by atoms with Crippen molar-refractivity contribution in [1.82, 2.24) is 14.7 Å². The van der Waals surface area contributed by atoms with Crippen molar-refractivity contribution >= 4 is 17.5 Å². The molecule has 228 valence electrons. The van der Waals surface area contributed by atoms with Crippen LogP contribution in [0.1, 0.15) is 76.6 Å². The van der Waals surface area contributed by atoms with E-state index in [0.717, 1.165) is 51.7 Å². The fourth-order valence-electron chi connectivity index (χ4n) is 5.02. The molecule has 2 amide bonds. The predicted molar refractivity (Wildman–Crippen MR) is 161 cm³/mol. The first kappa shape index (κ1) is 34.0. The first-order valence-corrected chi connectivity index (χ1v) is 15.0. The van der Waals surface area contributed by atoms with Crippen molar-refractivity contribution in [3.63, 3.8) is 0 Å². The number of hydrogen-bond donors (Lipinski definition) is 2. The molecule has 40 heavy (non-hydrogen) atoms. The fourth-order valence-corrected chi connectivity index (χ4v) is 5.02. The van der Waals surface area contributed by atoms with E-state index in [4.69, 9.17) is 9.47 Å². The van der Waals surface area contributed by atoms with Crippen LogP contribution in [-0.2, 0) is 9.53 Å². The van der Waals surface area contributed by atoms with E-state index in [2.05, 4.69) is 31.1 Å². The number of likely N-dealkylation sites (N-methyl/N-ethyl adjacent to an activating group) is 1. The average molecular weight is 563 g/mol. The molecule has 0 spiro atoms. The molecule has 1 heterocycles. The van der Waals surface area contributed by atoms with Gasteiger partial charge in [0.2, 0.25) is 5.91 Å². The topological polar surface area (TPSA) is 94.6 Å². The lowest BCUT2D eigenvalue weighted by Crippen LogP contribution is -2.47. The molecule has 2 N–H and O–H groups in total. The summed E-state index contributed by atoms with van der Waals surface area (Å²) < 4.78 is 12.7. The minimum absolute atomic E-state index is 0.0402. The van der Waals surface area contributed by atoms with Crippen molar-refractivity contribution < 1.29 is 24.2 Å². The van der Waals surface area contributed by atoms with Crippen LogP contribution in [0, 0.1) is 5.92 Å². The van der Waals surface area contributed by atoms with E-state index in [1.807, 2.05) is 32.8 Å². The Bertz CT molecular complexity index is 912. The van der Waals surface area contributed by atoms with Gasteiger partial charge in [-0.25, -0.2) is 0 Å². The Morgan fingerprint density at radius 1 is 1.20 bits per heavy atom. The maximum absolute atomic E-state index is 14.1. The highest BCUT2D eigenvalue weighted by molar-refractivity contribution is 5.99. The highest BCUT2D eigenvalue weighted by Crippen LogP contribution is 2.28. The van der Waals surface area contributed by atoms with E-state index >= 15 is 0 Å². The Balaban J connectivity index is 2.39. The SMILES string of the molecule is CCCN(C)C[C@H]1OCCCC[C@H](C)Oc2ccc(NC(=O)CCCN(C)C)cc2C(=O)N([C@H](C)CO)C[C@@H]1C. The van der Waals surface area contributed by atoms with Gasteiger partial charge in [0, 0.05) is 37.7 Å². The molecular formula is C31H54N4O5. The lowest BCUT2D eigenvalue weighted by Gasteiger charge is -2.35. The molecule has 9 heteroatoms. The number of ether oxygens (including phenoxy) is 2. The lowest BCUT2D eigenvalue weighted by molar-refractivity contribution is -0.116. The lowest BCUT2D eigenvalue weighted by atomic mass is 10.0. The number of rotatable bonds is 11. The van der Waals surface area contributed by atoms with Crippen molar-refractivity contribution in [1.29, 1.82) is 0 Å². The zero-order valence-electron chi connectivity index (χ0n) is 25.9. The van der Waals surface area contributed by atoms with Crippen LogP contribution in [0.4, 0.5) is 5.69 Å². The first-order valence-electron chi connectivity index (χ1n) is 15.0. The van der Waals surface area contributed by atoms with Crippen LogP contribution in [0.15, 0.2) is 18.2 Å². The summed E-state index contributed by atoms with van der Waals surface area (Å²) in [6.45, 7) is 11.7. The number of benzene rings is 1. The summed E-state index contributed by atoms with van der Waals surface area (Å²) in [6.07, 6.45) is 4.83. The third-order valence-corrected chi connectivity index (χ3v) is 7.44. The molecule has 0 saturated carbocycles. The van der Waals surface area contributed by atoms with Crippen LogP contribution in [0.2, 0.25) is 0 Å². The molecule has 1 aliphatic rings. The van der Waals surface area contributed by atoms with Gasteiger partial charge in [0.15, 0.2) is 0 Å². The number of amides is 2. The summed E-state index contributed by atoms with van der Waals surface area (Å²) in [5, 5.41) is 13.1. The highest BCUT2D eigenvalue weighted by atomic mass is 16.5. The first-order chi connectivity index (χ1) is 19.0. The van der Waals surface area contributed by atoms with Gasteiger partial charge in [-0.05, 0) is 98.4 Å². The van der Waals surface area contributed by atoms with E-state index in [-0.39, 0.29) is 36.5 Å². The number of anilines is 1. The molecule has 0 aromatic heterocycles. The second-order valence-electron chi connectivity index (χ2n) is 11.7. The molecular weight excluding hydrogens is 508 g/mol. The summed E-state index contributed by atoms with van der Waals surface area (Å²) in [5.74, 6) is 0.230. The summed E-state index contributed by atoms with van der Waals surface area (Å²) in [5.41, 5.74) is 0.953. The minimum atomic E-state index is -0.397. The number of nitrogens with zero attached hydrogens (tertiary/aromatic N) is 3. The number of aliphatic hydroxyl groups is 1. The standard InChI is InChI=1S/C31H54N4O5/c1-8-16-34(7)21-29-23(2)20-35(24(3)22-36)31(38)27-19-26(32-30(37)13-11-17-33(5)6)14-15-28(27)40-25(4)12-9-10-18-39-29/h14-15,19,23-25,29,36H,8-13,16-18,20-22H2,1-7H3,(H,32,37)/t23-,24+,25-,29+/m0/s1. The molecule has 1 aromatic carbocycles. The maximum Gasteiger partial charge on any atom is 0.258 e. The van der Waals surface area contributed by atoms with Crippen molar-refractivity contribution in [2.45, 2.75) is 84.5 Å². The predicted octanol–water partition coefficient (Wildman–Crippen LogP) is 4.10. The Labute approximate surface area is 242 Å². The number of fused-ring (bicyclic) bond motifs is 1. The van der Waals surface area contributed by atoms with Gasteiger partial charge in [-0.2, -0.15) is 0 Å². The normalized spacial score (nSPS) is 22.0. The molecule has 9 nitrogen and oxygen atoms in total. The summed E-state index contributed by atoms with van der Waals surface area (Å²) >= 11 is 0. The molecule has 2 rings (SSSR count). The third-order valence-electron chi connectivity index (χ3n) is 7.44. The van der Waals surface area contributed by atoms with Crippen molar-refractivity contribution in [3.05, 3.63) is 23.8 Å². The Hall–Kier alpha value is -2.20. The van der Waals surface area contributed by atoms with Gasteiger partial charge in [0.05, 0.1) is 30.4 Å². The van der Waals surface area contributed by atoms with Crippen LogP contribution < -0.4 is 10.1 Å². The van der Waals surface area contributed by atoms with Gasteiger partial charge < -0.3 is 34.6 Å². The van der Waals surface area contributed by atoms with Gasteiger partial charge in [0.25, 0.3) is 5.91 Å². The second-order valence-corrected chi connectivity index (χ2v) is 11.7. The molecule has 0 fully saturated rings. The van der Waals surface area contributed by atoms with Gasteiger partial charge >= 0.3 is 0 Å². The average Bonchev–Trinajstić information content (AvgIpc) is 2.90. The van der Waals surface area contributed by atoms with Crippen molar-refractivity contribution in [3.8, 4) is 5.75 Å². The number of carbonyl (C=O) groups is 2. The second kappa shape index (κ2) is 17.6. The summed E-state index contributed by atoms with van der Waals surface area (Å²) in [4.78, 5) is 32.8. The highest BCUT2D eigenvalue weighted by Gasteiger charge is 2.30. The van der Waals surface area contributed by atoms with Gasteiger partial charge in [-0.3, -0.25) is 9.59 Å². The Morgan fingerprint density at radius 2 is 1.95 bits per heavy atom. The number of carbonyl (C=O) groups excluding carboxylic acids is 2. The molecule has 0 saturated heterocycles. The number of hydrogen-bond acceptors (Lipinski definition) is 7. The maximum atomic E-state index is 14.1. The molecule has 4 atom stereocenters. The fraction of sp³-hybridized carbons (Fsp3) is 0.742. The van der Waals surface area contributed by atoms with Crippen molar-refractivity contribution in [2.24, 2.45) is 5.92 Å². The minimum Gasteiger partial charge on any atom is -0.490 e. The Kier molecular flexibility index (Phi) is 14.9. The zero-order valence-corrected chi connectivity index (χ0v) is 25.9. The van der Waals surface area contributed by atoms with E-state index in [0.29, 0.717) is 36.6 Å². The molecule has 0 bridgehead atoms. The monoisotopic (exact) mass is 562 g/mol. The van der Waals surface area contributed by atoms with Crippen LogP contribution in [0.3, 0.4) is 0 Å². The molecule has 0 unspecified atom stereocenters. The summed E-state index contributed by atoms with van der Waals surface area (Å²) in [7, 11) is 6.07. The van der Waals surface area contributed by atoms with Crippen LogP contribution in [0.25, 0.3) is 0 Å². The van der Waals surface area contributed by atoms with Crippen molar-refractivity contribution in [2.75, 3.05) is 65.9 Å². The molecule has 1 aliphatic heterocycles. The van der Waals surface area contributed by atoms with E-state index in [9.17, 15) is 14.7 Å². The van der Waals surface area contributed by atoms with E-state index < -0.39 is 6.04 Å². The molecule has 1 aromatic rings. The molecule has 0 radical (unpaired) electrons. The largest absolute Gasteiger partial charge is 0.490 e. The summed E-state index contributed by atoms with van der Waals surface area (Å²) in [6, 6.07) is 4.89. The third kappa shape index (κ3) is 11.4. The van der Waals surface area contributed by atoms with Crippen LogP contribution in [0.5, 0.6) is 5.75 Å². The van der Waals surface area contributed by atoms with Gasteiger partial charge in [0.1, 0.15) is 5.75 Å². The zero-order chi connectivity index (χ0) is 29.7. The van der Waals surface area contributed by atoms with Gasteiger partial charge in [-0.15, -0.1) is 0 Å². The number of aliphatic hydroxyl groups excluding tert-OH is 1. The van der Waals surface area contributed by atoms with E-state index in [1.165, 1.54) is 0 Å². The molecule has 0 aliphatic carbocycles. The number of nitrogens with one attached hydrogen (secondary N) is 1. The quantitative estimate of drug-likeness (QED) is 0.419. The van der Waals surface area contributed by atoms with Gasteiger partial charge in [-0.1, -0.05) is 13.8 Å². The van der Waals surface area contributed by atoms with E-state index in [1.54, 1.807) is 23.1 Å². The smallest absolute Gasteiger partial charge is 0.258 e. The van der Waals surface area contributed by atoms with Crippen LogP contribution >= 0.6 is 0 Å². The van der Waals surface area contributed by atoms with Crippen LogP contribution in [-0.4, -0.2) is 110 Å². The Morgan fingerprint density at radius 3 is 2.62 bits per heavy atom.